The molecule has 214 valence electrons. The molecule has 0 radical (unpaired) electrons. The second kappa shape index (κ2) is 10.3. The van der Waals surface area contributed by atoms with E-state index >= 15 is 0 Å². The summed E-state index contributed by atoms with van der Waals surface area (Å²) in [5.74, 6) is 0.0222. The normalized spacial score (nSPS) is 19.7. The first kappa shape index (κ1) is 26.5. The van der Waals surface area contributed by atoms with Crippen molar-refractivity contribution in [3.63, 3.8) is 0 Å². The molecule has 5 aromatic carbocycles. The number of nitrogens with zero attached hydrogens (tertiary/aromatic N) is 1. The molecule has 2 N–H and O–H groups in total. The summed E-state index contributed by atoms with van der Waals surface area (Å²) in [6.45, 7) is 2.10. The van der Waals surface area contributed by atoms with Gasteiger partial charge in [-0.25, -0.2) is 4.98 Å². The number of aromatic nitrogens is 1. The molecule has 2 amide bonds. The summed E-state index contributed by atoms with van der Waals surface area (Å²) in [5.41, 5.74) is 7.55. The third kappa shape index (κ3) is 4.33. The maximum atomic E-state index is 14.0. The third-order valence-electron chi connectivity index (χ3n) is 9.32. The number of hydrogen-bond acceptors (Lipinski definition) is 4. The Morgan fingerprint density at radius 3 is 2.09 bits per heavy atom. The van der Waals surface area contributed by atoms with Crippen molar-refractivity contribution in [1.82, 2.24) is 4.98 Å². The van der Waals surface area contributed by atoms with Crippen molar-refractivity contribution in [2.75, 3.05) is 10.6 Å². The number of rotatable bonds is 5. The van der Waals surface area contributed by atoms with Crippen molar-refractivity contribution in [1.29, 1.82) is 0 Å². The van der Waals surface area contributed by atoms with Gasteiger partial charge in [0, 0.05) is 34.0 Å². The van der Waals surface area contributed by atoms with Crippen LogP contribution < -0.4 is 10.6 Å². The fraction of sp³-hybridized carbons (Fsp3) is 0.132. The molecule has 1 unspecified atom stereocenters. The first-order chi connectivity index (χ1) is 21.5. The minimum absolute atomic E-state index is 0.00174. The molecule has 1 aromatic heterocycles. The Bertz CT molecular complexity index is 2030. The van der Waals surface area contributed by atoms with Gasteiger partial charge >= 0.3 is 0 Å². The van der Waals surface area contributed by atoms with Gasteiger partial charge in [-0.1, -0.05) is 91.0 Å². The zero-order valence-electron chi connectivity index (χ0n) is 24.1. The lowest BCUT2D eigenvalue weighted by Crippen LogP contribution is -2.47. The average molecular weight is 592 g/mol. The lowest BCUT2D eigenvalue weighted by Gasteiger charge is -2.50. The predicted molar refractivity (Wildman–Crippen MR) is 177 cm³/mol. The molecule has 1 heterocycles. The highest BCUT2D eigenvalue weighted by Crippen LogP contribution is 2.61. The summed E-state index contributed by atoms with van der Waals surface area (Å²) in [6.07, 6.45) is 0.762. The number of amides is 2. The van der Waals surface area contributed by atoms with Gasteiger partial charge in [0.2, 0.25) is 5.91 Å². The molecule has 3 aliphatic rings. The van der Waals surface area contributed by atoms with Crippen LogP contribution in [0.5, 0.6) is 0 Å². The fourth-order valence-electron chi connectivity index (χ4n) is 7.16. The van der Waals surface area contributed by atoms with Gasteiger partial charge in [0.1, 0.15) is 0 Å². The van der Waals surface area contributed by atoms with E-state index in [2.05, 4.69) is 66.1 Å². The molecule has 0 spiro atoms. The molecule has 2 bridgehead atoms. The van der Waals surface area contributed by atoms with E-state index in [-0.39, 0.29) is 23.7 Å². The molecule has 0 aliphatic heterocycles. The van der Waals surface area contributed by atoms with Gasteiger partial charge in [0.25, 0.3) is 5.91 Å². The van der Waals surface area contributed by atoms with Crippen molar-refractivity contribution in [2.24, 2.45) is 5.41 Å². The Morgan fingerprint density at radius 2 is 1.39 bits per heavy atom. The van der Waals surface area contributed by atoms with Gasteiger partial charge in [-0.05, 0) is 70.6 Å². The molecule has 1 atom stereocenters. The van der Waals surface area contributed by atoms with Crippen LogP contribution in [0.15, 0.2) is 121 Å². The second-order valence-electron chi connectivity index (χ2n) is 12.0. The molecule has 44 heavy (non-hydrogen) atoms. The molecule has 0 saturated heterocycles. The number of nitrogens with one attached hydrogen (secondary N) is 2. The standard InChI is InChI=1S/C38H29N3O2S/c1-38(21-32-28-10-4-6-12-30(28)34(38)31-13-7-5-11-29(31)32)36(43)41-37-40-33(22-44-37)24-14-16-25(17-15-24)35(42)39-27-19-18-23-8-2-3-9-26(23)20-27/h2-20,22,32,34H,21H2,1H3,(H,39,42)(H,40,41,43). The Labute approximate surface area is 259 Å². The Kier molecular flexibility index (Phi) is 6.20. The number of thiazole rings is 1. The summed E-state index contributed by atoms with van der Waals surface area (Å²) in [5, 5.41) is 10.9. The highest BCUT2D eigenvalue weighted by molar-refractivity contribution is 7.14. The highest BCUT2D eigenvalue weighted by Gasteiger charge is 2.54. The summed E-state index contributed by atoms with van der Waals surface area (Å²) in [6, 6.07) is 38.5. The largest absolute Gasteiger partial charge is 0.322 e. The van der Waals surface area contributed by atoms with Crippen LogP contribution in [0.3, 0.4) is 0 Å². The Hall–Kier alpha value is -5.07. The SMILES string of the molecule is CC1(C(=O)Nc2nc(-c3ccc(C(=O)Nc4ccc5ccccc5c4)cc3)cs2)CC2c3ccccc3C1c1ccccc12. The minimum Gasteiger partial charge on any atom is -0.322 e. The van der Waals surface area contributed by atoms with Gasteiger partial charge in [-0.15, -0.1) is 11.3 Å². The predicted octanol–water partition coefficient (Wildman–Crippen LogP) is 8.84. The van der Waals surface area contributed by atoms with Crippen molar-refractivity contribution < 1.29 is 9.59 Å². The summed E-state index contributed by atoms with van der Waals surface area (Å²) in [4.78, 5) is 31.7. The fourth-order valence-corrected chi connectivity index (χ4v) is 7.87. The van der Waals surface area contributed by atoms with Crippen LogP contribution in [-0.4, -0.2) is 16.8 Å². The number of benzene rings is 5. The molecule has 0 fully saturated rings. The molecular formula is C38H29N3O2S. The van der Waals surface area contributed by atoms with E-state index in [4.69, 9.17) is 4.98 Å². The summed E-state index contributed by atoms with van der Waals surface area (Å²) in [7, 11) is 0. The molecule has 5 nitrogen and oxygen atoms in total. The van der Waals surface area contributed by atoms with E-state index in [0.29, 0.717) is 10.7 Å². The van der Waals surface area contributed by atoms with Crippen molar-refractivity contribution in [3.05, 3.63) is 148 Å². The zero-order chi connectivity index (χ0) is 29.8. The van der Waals surface area contributed by atoms with Gasteiger partial charge in [0.15, 0.2) is 5.13 Å². The van der Waals surface area contributed by atoms with E-state index in [1.165, 1.54) is 33.6 Å². The van der Waals surface area contributed by atoms with E-state index in [1.807, 2.05) is 60.0 Å². The smallest absolute Gasteiger partial charge is 0.255 e. The molecule has 3 aliphatic carbocycles. The van der Waals surface area contributed by atoms with Crippen LogP contribution in [-0.2, 0) is 4.79 Å². The van der Waals surface area contributed by atoms with E-state index in [0.717, 1.165) is 34.1 Å². The van der Waals surface area contributed by atoms with Crippen molar-refractivity contribution >= 4 is 44.7 Å². The first-order valence-corrected chi connectivity index (χ1v) is 15.7. The van der Waals surface area contributed by atoms with Crippen LogP contribution in [0.25, 0.3) is 22.0 Å². The van der Waals surface area contributed by atoms with Gasteiger partial charge in [-0.2, -0.15) is 0 Å². The molecule has 6 heteroatoms. The first-order valence-electron chi connectivity index (χ1n) is 14.8. The summed E-state index contributed by atoms with van der Waals surface area (Å²) < 4.78 is 0. The number of carbonyl (C=O) groups excluding carboxylic acids is 2. The monoisotopic (exact) mass is 591 g/mol. The lowest BCUT2D eigenvalue weighted by atomic mass is 9.52. The topological polar surface area (TPSA) is 71.1 Å². The van der Waals surface area contributed by atoms with Crippen LogP contribution in [0, 0.1) is 5.41 Å². The second-order valence-corrected chi connectivity index (χ2v) is 12.8. The zero-order valence-corrected chi connectivity index (χ0v) is 24.9. The number of carbonyl (C=O) groups is 2. The van der Waals surface area contributed by atoms with E-state index in [9.17, 15) is 9.59 Å². The molecule has 6 aromatic rings. The highest BCUT2D eigenvalue weighted by atomic mass is 32.1. The van der Waals surface area contributed by atoms with Crippen LogP contribution in [0.1, 0.15) is 57.8 Å². The number of fused-ring (bicyclic) bond motifs is 2. The summed E-state index contributed by atoms with van der Waals surface area (Å²) >= 11 is 1.42. The minimum atomic E-state index is -0.598. The van der Waals surface area contributed by atoms with Crippen LogP contribution in [0.4, 0.5) is 10.8 Å². The molecule has 9 rings (SSSR count). The Morgan fingerprint density at radius 1 is 0.750 bits per heavy atom. The average Bonchev–Trinajstić information content (AvgIpc) is 3.53. The molecular weight excluding hydrogens is 563 g/mol. The van der Waals surface area contributed by atoms with Gasteiger partial charge in [0.05, 0.1) is 11.1 Å². The molecule has 0 saturated carbocycles. The maximum Gasteiger partial charge on any atom is 0.255 e. The quantitative estimate of drug-likeness (QED) is 0.210. The van der Waals surface area contributed by atoms with Gasteiger partial charge in [-0.3, -0.25) is 9.59 Å². The van der Waals surface area contributed by atoms with E-state index in [1.54, 1.807) is 12.1 Å². The third-order valence-corrected chi connectivity index (χ3v) is 10.1. The number of hydrogen-bond donors (Lipinski definition) is 2. The van der Waals surface area contributed by atoms with Crippen molar-refractivity contribution in [2.45, 2.75) is 25.2 Å². The van der Waals surface area contributed by atoms with Crippen LogP contribution >= 0.6 is 11.3 Å². The Balaban J connectivity index is 0.989. The maximum absolute atomic E-state index is 14.0. The van der Waals surface area contributed by atoms with Gasteiger partial charge < -0.3 is 10.6 Å². The number of anilines is 2. The van der Waals surface area contributed by atoms with E-state index < -0.39 is 5.41 Å². The lowest BCUT2D eigenvalue weighted by molar-refractivity contribution is -0.126. The van der Waals surface area contributed by atoms with Crippen molar-refractivity contribution in [3.8, 4) is 11.3 Å². The van der Waals surface area contributed by atoms with Crippen LogP contribution in [0.2, 0.25) is 0 Å².